The number of methoxy groups -OCH3 is 1. The second kappa shape index (κ2) is 5.80. The molecule has 1 heterocycles. The molecule has 2 N–H and O–H groups in total. The number of amides is 1. The van der Waals surface area contributed by atoms with Gasteiger partial charge in [0.25, 0.3) is 5.91 Å². The van der Waals surface area contributed by atoms with Crippen LogP contribution in [0, 0.1) is 5.92 Å². The minimum absolute atomic E-state index is 0.0380. The van der Waals surface area contributed by atoms with Gasteiger partial charge in [0.05, 0.1) is 12.7 Å². The lowest BCUT2D eigenvalue weighted by Crippen LogP contribution is -2.49. The number of nitrogens with zero attached hydrogens (tertiary/aromatic N) is 1. The van der Waals surface area contributed by atoms with Crippen molar-refractivity contribution in [2.75, 3.05) is 20.2 Å². The molecule has 1 aliphatic heterocycles. The maximum atomic E-state index is 12.5. The number of nitrogens with two attached hydrogens (primary N) is 1. The summed E-state index contributed by atoms with van der Waals surface area (Å²) in [5, 5.41) is 0.553. The monoisotopic (exact) mass is 282 g/mol. The van der Waals surface area contributed by atoms with Crippen molar-refractivity contribution in [1.29, 1.82) is 0 Å². The van der Waals surface area contributed by atoms with Gasteiger partial charge in [-0.2, -0.15) is 0 Å². The average Bonchev–Trinajstić information content (AvgIpc) is 2.41. The van der Waals surface area contributed by atoms with E-state index in [1.165, 1.54) is 7.11 Å². The summed E-state index contributed by atoms with van der Waals surface area (Å²) in [5.41, 5.74) is 6.57. The van der Waals surface area contributed by atoms with Crippen LogP contribution in [0.2, 0.25) is 5.02 Å². The van der Waals surface area contributed by atoms with Crippen molar-refractivity contribution in [1.82, 2.24) is 4.90 Å². The Balaban J connectivity index is 2.20. The Morgan fingerprint density at radius 2 is 2.26 bits per heavy atom. The highest BCUT2D eigenvalue weighted by Crippen LogP contribution is 2.26. The van der Waals surface area contributed by atoms with Crippen LogP contribution in [0.3, 0.4) is 0 Å². The van der Waals surface area contributed by atoms with Crippen LogP contribution in [0.25, 0.3) is 0 Å². The number of piperidine rings is 1. The van der Waals surface area contributed by atoms with Gasteiger partial charge in [0.1, 0.15) is 5.75 Å². The predicted octanol–water partition coefficient (Wildman–Crippen LogP) is 2.16. The number of benzene rings is 1. The fourth-order valence-electron chi connectivity index (χ4n) is 2.30. The molecular weight excluding hydrogens is 264 g/mol. The Hall–Kier alpha value is -1.26. The van der Waals surface area contributed by atoms with Crippen molar-refractivity contribution >= 4 is 17.5 Å². The normalized spacial score (nSPS) is 23.3. The number of likely N-dealkylation sites (tertiary alicyclic amines) is 1. The van der Waals surface area contributed by atoms with Crippen molar-refractivity contribution in [3.8, 4) is 5.75 Å². The average molecular weight is 283 g/mol. The molecule has 0 spiro atoms. The van der Waals surface area contributed by atoms with Crippen molar-refractivity contribution < 1.29 is 9.53 Å². The third-order valence-electron chi connectivity index (χ3n) is 3.70. The molecule has 2 unspecified atom stereocenters. The molecule has 4 nitrogen and oxygen atoms in total. The number of carbonyl (C=O) groups excluding carboxylic acids is 1. The summed E-state index contributed by atoms with van der Waals surface area (Å²) >= 11 is 5.90. The van der Waals surface area contributed by atoms with E-state index in [4.69, 9.17) is 22.1 Å². The highest BCUT2D eigenvalue weighted by molar-refractivity contribution is 6.30. The lowest BCUT2D eigenvalue weighted by molar-refractivity contribution is 0.0669. The van der Waals surface area contributed by atoms with E-state index in [1.54, 1.807) is 23.1 Å². The van der Waals surface area contributed by atoms with Gasteiger partial charge in [0.15, 0.2) is 0 Å². The standard InChI is InChI=1S/C14H19ClN2O2/c1-9-5-6-17(8-12(9)16)14(18)11-4-3-10(15)7-13(11)19-2/h3-4,7,9,12H,5-6,8,16H2,1-2H3. The van der Waals surface area contributed by atoms with E-state index >= 15 is 0 Å². The van der Waals surface area contributed by atoms with Crippen LogP contribution in [0.1, 0.15) is 23.7 Å². The number of ether oxygens (including phenoxy) is 1. The van der Waals surface area contributed by atoms with Crippen molar-refractivity contribution in [2.24, 2.45) is 11.7 Å². The third kappa shape index (κ3) is 3.01. The van der Waals surface area contributed by atoms with Crippen LogP contribution < -0.4 is 10.5 Å². The lowest BCUT2D eigenvalue weighted by atomic mass is 9.94. The molecule has 1 amide bonds. The number of carbonyl (C=O) groups is 1. The van der Waals surface area contributed by atoms with Gasteiger partial charge in [-0.25, -0.2) is 0 Å². The van der Waals surface area contributed by atoms with Crippen LogP contribution in [-0.2, 0) is 0 Å². The molecule has 5 heteroatoms. The zero-order valence-electron chi connectivity index (χ0n) is 11.2. The van der Waals surface area contributed by atoms with Crippen molar-refractivity contribution in [3.05, 3.63) is 28.8 Å². The van der Waals surface area contributed by atoms with Gasteiger partial charge in [-0.1, -0.05) is 18.5 Å². The molecule has 1 fully saturated rings. The maximum Gasteiger partial charge on any atom is 0.257 e. The molecule has 1 aliphatic rings. The molecule has 0 saturated carbocycles. The minimum atomic E-state index is -0.0455. The van der Waals surface area contributed by atoms with Crippen LogP contribution in [0.15, 0.2) is 18.2 Å². The molecule has 2 atom stereocenters. The van der Waals surface area contributed by atoms with Gasteiger partial charge in [-0.05, 0) is 30.5 Å². The molecule has 1 aromatic rings. The number of halogens is 1. The molecule has 1 saturated heterocycles. The Labute approximate surface area is 118 Å². The van der Waals surface area contributed by atoms with Crippen LogP contribution in [0.5, 0.6) is 5.75 Å². The molecular formula is C14H19ClN2O2. The first-order valence-corrected chi connectivity index (χ1v) is 6.79. The fourth-order valence-corrected chi connectivity index (χ4v) is 2.46. The summed E-state index contributed by atoms with van der Waals surface area (Å²) in [6.45, 7) is 3.45. The van der Waals surface area contributed by atoms with E-state index in [0.717, 1.165) is 13.0 Å². The summed E-state index contributed by atoms with van der Waals surface area (Å²) in [6.07, 6.45) is 0.933. The van der Waals surface area contributed by atoms with Gasteiger partial charge >= 0.3 is 0 Å². The Morgan fingerprint density at radius 3 is 2.89 bits per heavy atom. The predicted molar refractivity (Wildman–Crippen MR) is 75.7 cm³/mol. The summed E-state index contributed by atoms with van der Waals surface area (Å²) in [5.74, 6) is 0.914. The van der Waals surface area contributed by atoms with Crippen LogP contribution >= 0.6 is 11.6 Å². The number of hydrogen-bond donors (Lipinski definition) is 1. The lowest BCUT2D eigenvalue weighted by Gasteiger charge is -2.35. The molecule has 104 valence electrons. The first kappa shape index (κ1) is 14.2. The van der Waals surface area contributed by atoms with Gasteiger partial charge in [-0.15, -0.1) is 0 Å². The van der Waals surface area contributed by atoms with Crippen LogP contribution in [0.4, 0.5) is 0 Å². The topological polar surface area (TPSA) is 55.6 Å². The summed E-state index contributed by atoms with van der Waals surface area (Å²) in [4.78, 5) is 14.3. The smallest absolute Gasteiger partial charge is 0.257 e. The maximum absolute atomic E-state index is 12.5. The van der Waals surface area contributed by atoms with Gasteiger partial charge in [0, 0.05) is 24.2 Å². The highest BCUT2D eigenvalue weighted by atomic mass is 35.5. The molecule has 0 aromatic heterocycles. The van der Waals surface area contributed by atoms with Gasteiger partial charge in [-0.3, -0.25) is 4.79 Å². The molecule has 1 aromatic carbocycles. The van der Waals surface area contributed by atoms with Crippen molar-refractivity contribution in [3.63, 3.8) is 0 Å². The molecule has 19 heavy (non-hydrogen) atoms. The van der Waals surface area contributed by atoms with Crippen LogP contribution in [-0.4, -0.2) is 37.0 Å². The van der Waals surface area contributed by atoms with Gasteiger partial charge < -0.3 is 15.4 Å². The highest BCUT2D eigenvalue weighted by Gasteiger charge is 2.28. The SMILES string of the molecule is COc1cc(Cl)ccc1C(=O)N1CCC(C)C(N)C1. The first-order chi connectivity index (χ1) is 9.02. The minimum Gasteiger partial charge on any atom is -0.496 e. The largest absolute Gasteiger partial charge is 0.496 e. The summed E-state index contributed by atoms with van der Waals surface area (Å²) in [7, 11) is 1.53. The molecule has 0 aliphatic carbocycles. The third-order valence-corrected chi connectivity index (χ3v) is 3.93. The first-order valence-electron chi connectivity index (χ1n) is 6.41. The van der Waals surface area contributed by atoms with E-state index < -0.39 is 0 Å². The Kier molecular flexibility index (Phi) is 4.32. The number of rotatable bonds is 2. The molecule has 0 radical (unpaired) electrons. The zero-order valence-corrected chi connectivity index (χ0v) is 12.0. The molecule has 0 bridgehead atoms. The van der Waals surface area contributed by atoms with E-state index in [9.17, 15) is 4.79 Å². The summed E-state index contributed by atoms with van der Waals surface area (Å²) < 4.78 is 5.22. The fraction of sp³-hybridized carbons (Fsp3) is 0.500. The van der Waals surface area contributed by atoms with Crippen molar-refractivity contribution in [2.45, 2.75) is 19.4 Å². The quantitative estimate of drug-likeness (QED) is 0.904. The Bertz CT molecular complexity index is 479. The molecule has 2 rings (SSSR count). The number of hydrogen-bond acceptors (Lipinski definition) is 3. The van der Waals surface area contributed by atoms with Gasteiger partial charge in [0.2, 0.25) is 0 Å². The summed E-state index contributed by atoms with van der Waals surface area (Å²) in [6, 6.07) is 5.09. The Morgan fingerprint density at radius 1 is 1.53 bits per heavy atom. The second-order valence-electron chi connectivity index (χ2n) is 5.03. The van der Waals surface area contributed by atoms with E-state index in [-0.39, 0.29) is 11.9 Å². The second-order valence-corrected chi connectivity index (χ2v) is 5.46. The van der Waals surface area contributed by atoms with E-state index in [2.05, 4.69) is 6.92 Å². The van der Waals surface area contributed by atoms with E-state index in [0.29, 0.717) is 28.8 Å². The zero-order chi connectivity index (χ0) is 14.0. The van der Waals surface area contributed by atoms with E-state index in [1.807, 2.05) is 0 Å².